The zero-order chi connectivity index (χ0) is 19.3. The molecule has 0 aromatic heterocycles. The summed E-state index contributed by atoms with van der Waals surface area (Å²) < 4.78 is 0.948. The molecular weight excluding hydrogens is 394 g/mol. The first-order valence-electron chi connectivity index (χ1n) is 8.40. The molecule has 0 heterocycles. The van der Waals surface area contributed by atoms with Gasteiger partial charge in [-0.3, -0.25) is 14.5 Å². The Kier molecular flexibility index (Phi) is 6.94. The molecule has 2 N–H and O–H groups in total. The first kappa shape index (κ1) is 20.1. The standard InChI is InChI=1S/C20H24BrN3O2/c1-13-6-5-7-18(14(13)2)23-19(25)12-24(4)15(3)20(26)22-17-10-8-16(21)9-11-17/h5-11,15H,12H2,1-4H3,(H,22,26)(H,23,25)/t15-/m0/s1. The molecule has 0 spiro atoms. The molecule has 0 saturated heterocycles. The van der Waals surface area contributed by atoms with Crippen LogP contribution in [-0.2, 0) is 9.59 Å². The highest BCUT2D eigenvalue weighted by Crippen LogP contribution is 2.18. The van der Waals surface area contributed by atoms with E-state index in [2.05, 4.69) is 26.6 Å². The van der Waals surface area contributed by atoms with Gasteiger partial charge in [-0.2, -0.15) is 0 Å². The fraction of sp³-hybridized carbons (Fsp3) is 0.300. The first-order chi connectivity index (χ1) is 12.3. The summed E-state index contributed by atoms with van der Waals surface area (Å²) in [7, 11) is 1.76. The maximum atomic E-state index is 12.4. The van der Waals surface area contributed by atoms with Crippen LogP contribution >= 0.6 is 15.9 Å². The predicted octanol–water partition coefficient (Wildman–Crippen LogP) is 3.96. The van der Waals surface area contributed by atoms with E-state index in [-0.39, 0.29) is 18.4 Å². The van der Waals surface area contributed by atoms with Crippen LogP contribution in [0.4, 0.5) is 11.4 Å². The molecule has 138 valence electrons. The van der Waals surface area contributed by atoms with Crippen molar-refractivity contribution in [2.24, 2.45) is 0 Å². The second-order valence-corrected chi connectivity index (χ2v) is 7.30. The molecule has 0 saturated carbocycles. The van der Waals surface area contributed by atoms with Gasteiger partial charge in [0.15, 0.2) is 0 Å². The normalized spacial score (nSPS) is 11.9. The molecule has 5 nitrogen and oxygen atoms in total. The molecule has 0 radical (unpaired) electrons. The molecule has 0 aliphatic rings. The second kappa shape index (κ2) is 8.96. The number of nitrogens with zero attached hydrogens (tertiary/aromatic N) is 1. The Morgan fingerprint density at radius 1 is 1.08 bits per heavy atom. The van der Waals surface area contributed by atoms with Gasteiger partial charge in [-0.1, -0.05) is 28.1 Å². The molecule has 0 fully saturated rings. The quantitative estimate of drug-likeness (QED) is 0.747. The summed E-state index contributed by atoms with van der Waals surface area (Å²) >= 11 is 3.36. The highest BCUT2D eigenvalue weighted by atomic mass is 79.9. The number of rotatable bonds is 6. The number of anilines is 2. The van der Waals surface area contributed by atoms with Crippen LogP contribution in [0.25, 0.3) is 0 Å². The van der Waals surface area contributed by atoms with E-state index in [1.54, 1.807) is 18.9 Å². The number of amides is 2. The first-order valence-corrected chi connectivity index (χ1v) is 9.20. The average Bonchev–Trinajstić information content (AvgIpc) is 2.60. The Hall–Kier alpha value is -2.18. The van der Waals surface area contributed by atoms with Crippen molar-refractivity contribution in [1.29, 1.82) is 0 Å². The van der Waals surface area contributed by atoms with E-state index in [4.69, 9.17) is 0 Å². The van der Waals surface area contributed by atoms with E-state index in [1.165, 1.54) is 0 Å². The highest BCUT2D eigenvalue weighted by Gasteiger charge is 2.20. The monoisotopic (exact) mass is 417 g/mol. The number of hydrogen-bond donors (Lipinski definition) is 2. The van der Waals surface area contributed by atoms with Crippen molar-refractivity contribution in [3.05, 3.63) is 58.1 Å². The van der Waals surface area contributed by atoms with Gasteiger partial charge in [-0.05, 0) is 69.3 Å². The third kappa shape index (κ3) is 5.41. The van der Waals surface area contributed by atoms with Crippen LogP contribution in [0.3, 0.4) is 0 Å². The lowest BCUT2D eigenvalue weighted by Gasteiger charge is -2.23. The molecule has 2 rings (SSSR count). The van der Waals surface area contributed by atoms with Gasteiger partial charge in [-0.25, -0.2) is 0 Å². The van der Waals surface area contributed by atoms with Crippen LogP contribution in [0.5, 0.6) is 0 Å². The van der Waals surface area contributed by atoms with E-state index < -0.39 is 6.04 Å². The zero-order valence-electron chi connectivity index (χ0n) is 15.5. The van der Waals surface area contributed by atoms with Crippen LogP contribution < -0.4 is 10.6 Å². The molecule has 6 heteroatoms. The van der Waals surface area contributed by atoms with Gasteiger partial charge in [0, 0.05) is 15.8 Å². The minimum Gasteiger partial charge on any atom is -0.325 e. The van der Waals surface area contributed by atoms with Gasteiger partial charge >= 0.3 is 0 Å². The van der Waals surface area contributed by atoms with Crippen molar-refractivity contribution in [1.82, 2.24) is 4.90 Å². The lowest BCUT2D eigenvalue weighted by molar-refractivity contribution is -0.122. The number of hydrogen-bond acceptors (Lipinski definition) is 3. The topological polar surface area (TPSA) is 61.4 Å². The van der Waals surface area contributed by atoms with Gasteiger partial charge < -0.3 is 10.6 Å². The molecule has 0 aliphatic carbocycles. The summed E-state index contributed by atoms with van der Waals surface area (Å²) in [5, 5.41) is 5.77. The van der Waals surface area contributed by atoms with Gasteiger partial charge in [0.1, 0.15) is 0 Å². The van der Waals surface area contributed by atoms with Crippen LogP contribution in [0.2, 0.25) is 0 Å². The zero-order valence-corrected chi connectivity index (χ0v) is 17.1. The number of nitrogens with one attached hydrogen (secondary N) is 2. The second-order valence-electron chi connectivity index (χ2n) is 6.38. The Bertz CT molecular complexity index is 790. The minimum atomic E-state index is -0.442. The highest BCUT2D eigenvalue weighted by molar-refractivity contribution is 9.10. The van der Waals surface area contributed by atoms with Gasteiger partial charge in [0.05, 0.1) is 12.6 Å². The SMILES string of the molecule is Cc1cccc(NC(=O)CN(C)[C@@H](C)C(=O)Nc2ccc(Br)cc2)c1C. The fourth-order valence-electron chi connectivity index (χ4n) is 2.42. The van der Waals surface area contributed by atoms with E-state index >= 15 is 0 Å². The molecule has 2 amide bonds. The van der Waals surface area contributed by atoms with Crippen molar-refractivity contribution < 1.29 is 9.59 Å². The number of halogens is 1. The Balaban J connectivity index is 1.91. The van der Waals surface area contributed by atoms with Crippen molar-refractivity contribution in [3.8, 4) is 0 Å². The Labute approximate surface area is 162 Å². The van der Waals surface area contributed by atoms with E-state index in [1.807, 2.05) is 56.3 Å². The summed E-state index contributed by atoms with van der Waals surface area (Å²) in [5.41, 5.74) is 3.69. The Morgan fingerprint density at radius 3 is 2.38 bits per heavy atom. The number of likely N-dealkylation sites (N-methyl/N-ethyl adjacent to an activating group) is 1. The molecule has 26 heavy (non-hydrogen) atoms. The van der Waals surface area contributed by atoms with Crippen molar-refractivity contribution in [2.45, 2.75) is 26.8 Å². The van der Waals surface area contributed by atoms with Crippen molar-refractivity contribution in [2.75, 3.05) is 24.2 Å². The van der Waals surface area contributed by atoms with Gasteiger partial charge in [0.2, 0.25) is 11.8 Å². The number of aryl methyl sites for hydroxylation is 1. The van der Waals surface area contributed by atoms with E-state index in [0.29, 0.717) is 0 Å². The smallest absolute Gasteiger partial charge is 0.241 e. The molecule has 2 aromatic rings. The number of carbonyl (C=O) groups is 2. The molecule has 2 aromatic carbocycles. The molecule has 0 aliphatic heterocycles. The van der Waals surface area contributed by atoms with Crippen LogP contribution in [0.15, 0.2) is 46.9 Å². The third-order valence-electron chi connectivity index (χ3n) is 4.42. The maximum absolute atomic E-state index is 12.4. The minimum absolute atomic E-state index is 0.127. The van der Waals surface area contributed by atoms with E-state index in [9.17, 15) is 9.59 Å². The van der Waals surface area contributed by atoms with Crippen LogP contribution in [0, 0.1) is 13.8 Å². The predicted molar refractivity (Wildman–Crippen MR) is 109 cm³/mol. The lowest BCUT2D eigenvalue weighted by Crippen LogP contribution is -2.43. The lowest BCUT2D eigenvalue weighted by atomic mass is 10.1. The number of benzene rings is 2. The largest absolute Gasteiger partial charge is 0.325 e. The summed E-state index contributed by atoms with van der Waals surface area (Å²) in [6, 6.07) is 12.7. The summed E-state index contributed by atoms with van der Waals surface area (Å²) in [6.07, 6.45) is 0. The van der Waals surface area contributed by atoms with Gasteiger partial charge in [-0.15, -0.1) is 0 Å². The van der Waals surface area contributed by atoms with Crippen molar-refractivity contribution in [3.63, 3.8) is 0 Å². The summed E-state index contributed by atoms with van der Waals surface area (Å²) in [5.74, 6) is -0.307. The molecule has 1 atom stereocenters. The third-order valence-corrected chi connectivity index (χ3v) is 4.95. The van der Waals surface area contributed by atoms with Gasteiger partial charge in [0.25, 0.3) is 0 Å². The van der Waals surface area contributed by atoms with Crippen LogP contribution in [0.1, 0.15) is 18.1 Å². The average molecular weight is 418 g/mol. The fourth-order valence-corrected chi connectivity index (χ4v) is 2.68. The summed E-state index contributed by atoms with van der Waals surface area (Å²) in [6.45, 7) is 5.89. The Morgan fingerprint density at radius 2 is 1.73 bits per heavy atom. The van der Waals surface area contributed by atoms with Crippen molar-refractivity contribution >= 4 is 39.1 Å². The number of carbonyl (C=O) groups excluding carboxylic acids is 2. The van der Waals surface area contributed by atoms with E-state index in [0.717, 1.165) is 27.0 Å². The summed E-state index contributed by atoms with van der Waals surface area (Å²) in [4.78, 5) is 26.4. The molecule has 0 bridgehead atoms. The maximum Gasteiger partial charge on any atom is 0.241 e. The van der Waals surface area contributed by atoms with Crippen LogP contribution in [-0.4, -0.2) is 36.3 Å². The molecule has 0 unspecified atom stereocenters. The molecular formula is C20H24BrN3O2.